The number of esters is 2. The minimum atomic E-state index is -4.37. The maximum atomic E-state index is 13.7. The van der Waals surface area contributed by atoms with Gasteiger partial charge in [0, 0.05) is 28.6 Å². The van der Waals surface area contributed by atoms with Gasteiger partial charge < -0.3 is 14.2 Å². The number of H-pyrrole nitrogens is 1. The minimum absolute atomic E-state index is 0.0268. The Morgan fingerprint density at radius 1 is 1.14 bits per heavy atom. The van der Waals surface area contributed by atoms with Crippen LogP contribution in [0.15, 0.2) is 51.2 Å². The summed E-state index contributed by atoms with van der Waals surface area (Å²) >= 11 is 6.11. The average Bonchev–Trinajstić information content (AvgIpc) is 3.91. The van der Waals surface area contributed by atoms with E-state index in [4.69, 9.17) is 39.4 Å². The van der Waals surface area contributed by atoms with Gasteiger partial charge in [-0.05, 0) is 48.9 Å². The van der Waals surface area contributed by atoms with Crippen LogP contribution in [0, 0.1) is 11.8 Å². The highest BCUT2D eigenvalue weighted by Crippen LogP contribution is 2.58. The van der Waals surface area contributed by atoms with E-state index in [1.54, 1.807) is 24.3 Å². The van der Waals surface area contributed by atoms with Crippen molar-refractivity contribution in [3.8, 4) is 0 Å². The van der Waals surface area contributed by atoms with Gasteiger partial charge in [0.25, 0.3) is 5.56 Å². The topological polar surface area (TPSA) is 210 Å². The minimum Gasteiger partial charge on any atom is -0.455 e. The molecule has 2 aliphatic carbocycles. The van der Waals surface area contributed by atoms with Crippen LogP contribution in [0.1, 0.15) is 50.0 Å². The Bertz CT molecular complexity index is 1670. The maximum absolute atomic E-state index is 13.7. The average molecular weight is 652 g/mol. The molecule has 1 N–H and O–H groups in total. The first-order chi connectivity index (χ1) is 21.1. The van der Waals surface area contributed by atoms with Gasteiger partial charge in [-0.3, -0.25) is 37.5 Å². The molecule has 3 heterocycles. The van der Waals surface area contributed by atoms with Crippen molar-refractivity contribution < 1.29 is 41.9 Å². The quantitative estimate of drug-likeness (QED) is 0.129. The molecule has 4 aliphatic rings. The molecule has 2 aliphatic heterocycles. The van der Waals surface area contributed by atoms with Gasteiger partial charge in [0.1, 0.15) is 0 Å². The number of phosphoric ester groups is 1. The van der Waals surface area contributed by atoms with Gasteiger partial charge in [0.15, 0.2) is 18.4 Å². The van der Waals surface area contributed by atoms with E-state index in [1.165, 1.54) is 0 Å². The summed E-state index contributed by atoms with van der Waals surface area (Å²) in [4.78, 5) is 55.4. The Kier molecular flexibility index (Phi) is 8.42. The zero-order valence-corrected chi connectivity index (χ0v) is 24.6. The molecular weight excluding hydrogens is 625 g/mol. The lowest BCUT2D eigenvalue weighted by Gasteiger charge is -2.33. The van der Waals surface area contributed by atoms with Gasteiger partial charge in [-0.1, -0.05) is 28.8 Å². The summed E-state index contributed by atoms with van der Waals surface area (Å²) in [6.07, 6.45) is -1.86. The lowest BCUT2D eigenvalue weighted by atomic mass is 10.0. The van der Waals surface area contributed by atoms with Gasteiger partial charge in [0.2, 0.25) is 5.72 Å². The van der Waals surface area contributed by atoms with Crippen LogP contribution in [0.3, 0.4) is 0 Å². The fourth-order valence-corrected chi connectivity index (χ4v) is 6.55. The van der Waals surface area contributed by atoms with Crippen LogP contribution in [0.2, 0.25) is 5.02 Å². The number of hydrogen-bond acceptors (Lipinski definition) is 12. The normalized spacial score (nSPS) is 31.6. The summed E-state index contributed by atoms with van der Waals surface area (Å²) in [5, 5.41) is 4.18. The molecule has 6 rings (SSSR count). The number of nitrogens with zero attached hydrogens (tertiary/aromatic N) is 4. The Morgan fingerprint density at radius 3 is 2.52 bits per heavy atom. The molecule has 2 saturated heterocycles. The Balaban J connectivity index is 1.35. The summed E-state index contributed by atoms with van der Waals surface area (Å²) in [5.41, 5.74) is 6.24. The van der Waals surface area contributed by atoms with E-state index in [0.717, 1.165) is 16.8 Å². The third-order valence-corrected chi connectivity index (χ3v) is 9.23. The van der Waals surface area contributed by atoms with E-state index in [1.807, 2.05) is 0 Å². The molecule has 234 valence electrons. The van der Waals surface area contributed by atoms with Crippen molar-refractivity contribution in [2.24, 2.45) is 17.0 Å². The van der Waals surface area contributed by atoms with E-state index >= 15 is 0 Å². The number of aromatic amines is 1. The fraction of sp³-hybridized carbons (Fsp3) is 0.538. The summed E-state index contributed by atoms with van der Waals surface area (Å²) in [6.45, 7) is -0.897. The highest BCUT2D eigenvalue weighted by atomic mass is 35.5. The van der Waals surface area contributed by atoms with E-state index in [0.29, 0.717) is 42.7 Å². The van der Waals surface area contributed by atoms with Crippen LogP contribution in [-0.4, -0.2) is 52.6 Å². The molecule has 6 atom stereocenters. The monoisotopic (exact) mass is 651 g/mol. The molecule has 0 bridgehead atoms. The van der Waals surface area contributed by atoms with Crippen molar-refractivity contribution in [1.29, 1.82) is 0 Å². The van der Waals surface area contributed by atoms with Crippen molar-refractivity contribution in [1.82, 2.24) is 9.55 Å². The molecule has 4 fully saturated rings. The molecule has 44 heavy (non-hydrogen) atoms. The van der Waals surface area contributed by atoms with Crippen LogP contribution < -0.4 is 11.2 Å². The highest BCUT2D eigenvalue weighted by molar-refractivity contribution is 7.48. The number of hydrogen-bond donors (Lipinski definition) is 1. The van der Waals surface area contributed by atoms with Gasteiger partial charge in [-0.25, -0.2) is 9.36 Å². The van der Waals surface area contributed by atoms with Crippen LogP contribution >= 0.6 is 19.4 Å². The number of phosphoric acid groups is 1. The molecule has 16 nitrogen and oxygen atoms in total. The van der Waals surface area contributed by atoms with Crippen molar-refractivity contribution in [2.75, 3.05) is 13.2 Å². The van der Waals surface area contributed by atoms with Crippen molar-refractivity contribution in [2.45, 2.75) is 62.4 Å². The van der Waals surface area contributed by atoms with Crippen molar-refractivity contribution >= 4 is 31.4 Å². The first-order valence-corrected chi connectivity index (χ1v) is 15.7. The zero-order valence-electron chi connectivity index (χ0n) is 23.0. The number of nitrogens with one attached hydrogen (secondary N) is 1. The smallest absolute Gasteiger partial charge is 0.455 e. The lowest BCUT2D eigenvalue weighted by Crippen LogP contribution is -2.49. The Hall–Kier alpha value is -3.49. The van der Waals surface area contributed by atoms with Crippen molar-refractivity contribution in [3.05, 3.63) is 78.4 Å². The number of azide groups is 1. The summed E-state index contributed by atoms with van der Waals surface area (Å²) in [6, 6.07) is 7.76. The highest BCUT2D eigenvalue weighted by Gasteiger charge is 2.62. The van der Waals surface area contributed by atoms with E-state index < -0.39 is 79.7 Å². The molecule has 1 aromatic carbocycles. The number of rotatable bonds is 10. The molecule has 2 unspecified atom stereocenters. The van der Waals surface area contributed by atoms with Crippen LogP contribution in [0.5, 0.6) is 0 Å². The summed E-state index contributed by atoms with van der Waals surface area (Å²) in [5.74, 6) is -2.20. The Labute approximate surface area is 253 Å². The molecule has 18 heteroatoms. The van der Waals surface area contributed by atoms with Gasteiger partial charge in [-0.15, -0.1) is 0 Å². The second-order valence-corrected chi connectivity index (χ2v) is 12.9. The number of halogens is 1. The van der Waals surface area contributed by atoms with Crippen LogP contribution in [0.25, 0.3) is 10.4 Å². The molecule has 1 aromatic heterocycles. The van der Waals surface area contributed by atoms with E-state index in [9.17, 15) is 29.3 Å². The SMILES string of the molecule is [N-]=[N+]=N[C@]1(COP2(=O)OCC[C@@H](c3cccc(Cl)c3)O2)OC(n2ccc(=O)[nH]c2=O)[C@H](OC(=O)C2CC2)[C@@H]1OC(=O)C1CC1. The number of carbonyl (C=O) groups excluding carboxylic acids is 2. The van der Waals surface area contributed by atoms with E-state index in [-0.39, 0.29) is 6.61 Å². The standard InChI is InChI=1S/C26H27ClN5O11P/c27-17-3-1-2-16(12-17)18-9-11-38-44(37,43-18)39-13-26(30-31-28)21(41-24(35)15-6-7-15)20(40-23(34)14-4-5-14)22(42-26)32-10-8-19(33)29-25(32)36/h1-3,8,10,12,14-15,18,20-22H,4-7,9,11,13H2,(H,29,33,36)/t18-,20+,21-,22?,26+,44?/m0/s1. The second kappa shape index (κ2) is 12.1. The maximum Gasteiger partial charge on any atom is 0.475 e. The largest absolute Gasteiger partial charge is 0.475 e. The van der Waals surface area contributed by atoms with Crippen LogP contribution in [0.4, 0.5) is 0 Å². The summed E-state index contributed by atoms with van der Waals surface area (Å²) < 4.78 is 48.8. The third kappa shape index (κ3) is 6.47. The predicted octanol–water partition coefficient (Wildman–Crippen LogP) is 3.67. The van der Waals surface area contributed by atoms with Gasteiger partial charge in [0.05, 0.1) is 31.2 Å². The first-order valence-electron chi connectivity index (χ1n) is 13.9. The molecule has 2 aromatic rings. The number of aromatic nitrogens is 2. The molecule has 0 amide bonds. The van der Waals surface area contributed by atoms with Gasteiger partial charge in [-0.2, -0.15) is 0 Å². The number of carbonyl (C=O) groups is 2. The zero-order chi connectivity index (χ0) is 31.1. The first kappa shape index (κ1) is 30.5. The van der Waals surface area contributed by atoms with Crippen molar-refractivity contribution in [3.63, 3.8) is 0 Å². The van der Waals surface area contributed by atoms with Crippen LogP contribution in [-0.2, 0) is 41.9 Å². The van der Waals surface area contributed by atoms with E-state index in [2.05, 4.69) is 15.0 Å². The number of ether oxygens (including phenoxy) is 3. The Morgan fingerprint density at radius 2 is 1.86 bits per heavy atom. The molecular formula is C26H27ClN5O11P. The molecule has 2 saturated carbocycles. The fourth-order valence-electron chi connectivity index (χ4n) is 4.95. The summed E-state index contributed by atoms with van der Waals surface area (Å²) in [7, 11) is -4.37. The molecule has 0 spiro atoms. The number of benzene rings is 1. The second-order valence-electron chi connectivity index (χ2n) is 10.9. The molecule has 0 radical (unpaired) electrons. The lowest BCUT2D eigenvalue weighted by molar-refractivity contribution is -0.175. The predicted molar refractivity (Wildman–Crippen MR) is 148 cm³/mol. The van der Waals surface area contributed by atoms with Gasteiger partial charge >= 0.3 is 25.5 Å². The third-order valence-electron chi connectivity index (χ3n) is 7.54.